The minimum Gasteiger partial charge on any atom is -0.490 e. The summed E-state index contributed by atoms with van der Waals surface area (Å²) in [4.78, 5) is 12.7. The van der Waals surface area contributed by atoms with E-state index in [-0.39, 0.29) is 5.78 Å². The Morgan fingerprint density at radius 2 is 1.76 bits per heavy atom. The maximum atomic E-state index is 12.7. The molecule has 0 aliphatic heterocycles. The predicted octanol–water partition coefficient (Wildman–Crippen LogP) is 6.09. The van der Waals surface area contributed by atoms with E-state index in [1.165, 1.54) is 0 Å². The van der Waals surface area contributed by atoms with Crippen LogP contribution < -0.4 is 9.47 Å². The zero-order valence-corrected chi connectivity index (χ0v) is 18.3. The summed E-state index contributed by atoms with van der Waals surface area (Å²) in [5, 5.41) is 0. The lowest BCUT2D eigenvalue weighted by Crippen LogP contribution is -2.02. The highest BCUT2D eigenvalue weighted by Gasteiger charge is 2.24. The molecule has 0 saturated heterocycles. The minimum absolute atomic E-state index is 0.109. The highest BCUT2D eigenvalue weighted by atomic mass is 127. The van der Waals surface area contributed by atoms with Crippen molar-refractivity contribution in [2.75, 3.05) is 6.61 Å². The molecule has 4 heteroatoms. The number of carbonyl (C=O) groups excluding carboxylic acids is 1. The normalized spacial score (nSPS) is 14.1. The monoisotopic (exact) mass is 496 g/mol. The Balaban J connectivity index is 1.62. The van der Waals surface area contributed by atoms with Crippen molar-refractivity contribution in [3.05, 3.63) is 98.1 Å². The van der Waals surface area contributed by atoms with Crippen LogP contribution in [0.25, 0.3) is 6.08 Å². The molecule has 0 bridgehead atoms. The van der Waals surface area contributed by atoms with Crippen LogP contribution in [0, 0.1) is 3.57 Å². The van der Waals surface area contributed by atoms with Crippen LogP contribution in [-0.2, 0) is 13.0 Å². The second-order valence-electron chi connectivity index (χ2n) is 6.87. The first-order valence-corrected chi connectivity index (χ1v) is 10.7. The highest BCUT2D eigenvalue weighted by Crippen LogP contribution is 2.36. The molecule has 4 rings (SSSR count). The fourth-order valence-corrected chi connectivity index (χ4v) is 4.26. The number of Topliss-reactive ketones (excluding diaryl/α,β-unsaturated/α-hetero) is 1. The van der Waals surface area contributed by atoms with Crippen LogP contribution in [0.1, 0.15) is 34.0 Å². The molecule has 0 N–H and O–H groups in total. The Labute approximate surface area is 184 Å². The smallest absolute Gasteiger partial charge is 0.189 e. The van der Waals surface area contributed by atoms with E-state index in [1.54, 1.807) is 0 Å². The Morgan fingerprint density at radius 1 is 1.00 bits per heavy atom. The maximum Gasteiger partial charge on any atom is 0.189 e. The average molecular weight is 496 g/mol. The van der Waals surface area contributed by atoms with Gasteiger partial charge in [-0.25, -0.2) is 0 Å². The molecule has 1 aliphatic carbocycles. The first-order valence-electron chi connectivity index (χ1n) is 9.62. The quantitative estimate of drug-likeness (QED) is 0.306. The van der Waals surface area contributed by atoms with E-state index in [1.807, 2.05) is 79.7 Å². The van der Waals surface area contributed by atoms with Crippen molar-refractivity contribution in [3.8, 4) is 11.5 Å². The summed E-state index contributed by atoms with van der Waals surface area (Å²) in [5.41, 5.74) is 4.75. The fraction of sp³-hybridized carbons (Fsp3) is 0.160. The van der Waals surface area contributed by atoms with E-state index >= 15 is 0 Å². The number of allylic oxidation sites excluding steroid dienone is 1. The van der Waals surface area contributed by atoms with Gasteiger partial charge in [0.15, 0.2) is 17.3 Å². The van der Waals surface area contributed by atoms with Crippen LogP contribution in [0.2, 0.25) is 0 Å². The predicted molar refractivity (Wildman–Crippen MR) is 124 cm³/mol. The molecule has 29 heavy (non-hydrogen) atoms. The van der Waals surface area contributed by atoms with E-state index in [4.69, 9.17) is 9.47 Å². The molecule has 0 spiro atoms. The molecule has 0 aromatic heterocycles. The van der Waals surface area contributed by atoms with Crippen LogP contribution >= 0.6 is 22.6 Å². The van der Waals surface area contributed by atoms with Gasteiger partial charge < -0.3 is 9.47 Å². The Morgan fingerprint density at radius 3 is 2.52 bits per heavy atom. The van der Waals surface area contributed by atoms with Crippen molar-refractivity contribution < 1.29 is 14.3 Å². The molecule has 0 heterocycles. The van der Waals surface area contributed by atoms with E-state index < -0.39 is 0 Å². The molecule has 1 aliphatic rings. The van der Waals surface area contributed by atoms with E-state index in [0.717, 1.165) is 37.1 Å². The summed E-state index contributed by atoms with van der Waals surface area (Å²) < 4.78 is 12.9. The van der Waals surface area contributed by atoms with Crippen molar-refractivity contribution in [3.63, 3.8) is 0 Å². The van der Waals surface area contributed by atoms with Crippen LogP contribution in [-0.4, -0.2) is 12.4 Å². The number of benzene rings is 3. The number of hydrogen-bond donors (Lipinski definition) is 0. The number of ketones is 1. The number of halogens is 1. The molecule has 3 aromatic carbocycles. The number of rotatable bonds is 6. The molecule has 146 valence electrons. The van der Waals surface area contributed by atoms with Gasteiger partial charge in [0, 0.05) is 17.6 Å². The van der Waals surface area contributed by atoms with Gasteiger partial charge in [-0.2, -0.15) is 0 Å². The zero-order valence-electron chi connectivity index (χ0n) is 16.2. The number of ether oxygens (including phenoxy) is 2. The molecule has 0 unspecified atom stereocenters. The third-order valence-corrected chi connectivity index (χ3v) is 5.63. The lowest BCUT2D eigenvalue weighted by atomic mass is 10.1. The van der Waals surface area contributed by atoms with Crippen molar-refractivity contribution in [2.45, 2.75) is 20.0 Å². The average Bonchev–Trinajstić information content (AvgIpc) is 3.04. The third-order valence-electron chi connectivity index (χ3n) is 4.83. The maximum absolute atomic E-state index is 12.7. The van der Waals surface area contributed by atoms with E-state index in [9.17, 15) is 4.79 Å². The second kappa shape index (κ2) is 8.82. The molecule has 0 fully saturated rings. The topological polar surface area (TPSA) is 35.5 Å². The number of hydrogen-bond acceptors (Lipinski definition) is 3. The Kier molecular flexibility index (Phi) is 6.00. The van der Waals surface area contributed by atoms with E-state index in [2.05, 4.69) is 22.6 Å². The number of carbonyl (C=O) groups is 1. The molecule has 3 aromatic rings. The van der Waals surface area contributed by atoms with Crippen molar-refractivity contribution in [2.24, 2.45) is 0 Å². The summed E-state index contributed by atoms with van der Waals surface area (Å²) in [6.07, 6.45) is 2.63. The van der Waals surface area contributed by atoms with Crippen LogP contribution in [0.3, 0.4) is 0 Å². The Hall–Kier alpha value is -2.60. The second-order valence-corrected chi connectivity index (χ2v) is 8.03. The van der Waals surface area contributed by atoms with Crippen LogP contribution in [0.4, 0.5) is 0 Å². The van der Waals surface area contributed by atoms with Gasteiger partial charge in [0.1, 0.15) is 6.61 Å². The molecule has 3 nitrogen and oxygen atoms in total. The summed E-state index contributed by atoms with van der Waals surface area (Å²) >= 11 is 2.27. The highest BCUT2D eigenvalue weighted by molar-refractivity contribution is 14.1. The van der Waals surface area contributed by atoms with Gasteiger partial charge in [0.25, 0.3) is 0 Å². The van der Waals surface area contributed by atoms with Gasteiger partial charge in [-0.1, -0.05) is 54.6 Å². The number of fused-ring (bicyclic) bond motifs is 1. The SMILES string of the molecule is CCOc1cc(/C=C2\Cc3ccccc3C2=O)cc(I)c1OCc1ccccc1. The summed E-state index contributed by atoms with van der Waals surface area (Å²) in [6.45, 7) is 2.98. The molecule has 0 saturated carbocycles. The first kappa shape index (κ1) is 19.7. The largest absolute Gasteiger partial charge is 0.490 e. The minimum atomic E-state index is 0.109. The molecule has 0 atom stereocenters. The molecular weight excluding hydrogens is 475 g/mol. The summed E-state index contributed by atoms with van der Waals surface area (Å²) in [5.74, 6) is 1.54. The molecule has 0 radical (unpaired) electrons. The zero-order chi connectivity index (χ0) is 20.2. The van der Waals surface area contributed by atoms with Crippen molar-refractivity contribution in [1.29, 1.82) is 0 Å². The van der Waals surface area contributed by atoms with Gasteiger partial charge in [0.05, 0.1) is 10.2 Å². The lowest BCUT2D eigenvalue weighted by Gasteiger charge is -2.15. The van der Waals surface area contributed by atoms with Crippen LogP contribution in [0.15, 0.2) is 72.3 Å². The first-order chi connectivity index (χ1) is 14.2. The van der Waals surface area contributed by atoms with Crippen LogP contribution in [0.5, 0.6) is 11.5 Å². The molecular formula is C25H21IO3. The Bertz CT molecular complexity index is 1070. The fourth-order valence-electron chi connectivity index (χ4n) is 3.48. The summed E-state index contributed by atoms with van der Waals surface area (Å²) in [7, 11) is 0. The lowest BCUT2D eigenvalue weighted by molar-refractivity contribution is 0.104. The standard InChI is InChI=1S/C25H21IO3/c1-2-28-23-14-18(12-20-15-19-10-6-7-11-21(19)24(20)27)13-22(26)25(23)29-16-17-8-4-3-5-9-17/h3-14H,2,15-16H2,1H3/b20-12+. The van der Waals surface area contributed by atoms with Gasteiger partial charge >= 0.3 is 0 Å². The van der Waals surface area contributed by atoms with E-state index in [0.29, 0.717) is 25.4 Å². The van der Waals surface area contributed by atoms with Gasteiger partial charge in [0.2, 0.25) is 0 Å². The van der Waals surface area contributed by atoms with Gasteiger partial charge in [-0.05, 0) is 64.4 Å². The van der Waals surface area contributed by atoms with Crippen molar-refractivity contribution in [1.82, 2.24) is 0 Å². The molecule has 0 amide bonds. The summed E-state index contributed by atoms with van der Waals surface area (Å²) in [6, 6.07) is 21.9. The van der Waals surface area contributed by atoms with Crippen molar-refractivity contribution >= 4 is 34.5 Å². The van der Waals surface area contributed by atoms with Gasteiger partial charge in [-0.15, -0.1) is 0 Å². The van der Waals surface area contributed by atoms with Gasteiger partial charge in [-0.3, -0.25) is 4.79 Å². The third kappa shape index (κ3) is 4.37.